The molecule has 6 nitrogen and oxygen atoms in total. The summed E-state index contributed by atoms with van der Waals surface area (Å²) in [6.45, 7) is 3.28. The third-order valence-electron chi connectivity index (χ3n) is 3.62. The van der Waals surface area contributed by atoms with Gasteiger partial charge < -0.3 is 20.9 Å². The molecule has 1 aromatic rings. The first-order valence-corrected chi connectivity index (χ1v) is 6.92. The van der Waals surface area contributed by atoms with Crippen molar-refractivity contribution in [1.82, 2.24) is 4.98 Å². The summed E-state index contributed by atoms with van der Waals surface area (Å²) in [4.78, 5) is 6.31. The van der Waals surface area contributed by atoms with Gasteiger partial charge in [-0.1, -0.05) is 16.8 Å². The molecule has 1 aromatic heterocycles. The van der Waals surface area contributed by atoms with Gasteiger partial charge >= 0.3 is 0 Å². The summed E-state index contributed by atoms with van der Waals surface area (Å²) in [6, 6.07) is 1.61. The lowest BCUT2D eigenvalue weighted by Crippen LogP contribution is -2.29. The Hall–Kier alpha value is -1.53. The predicted octanol–water partition coefficient (Wildman–Crippen LogP) is 1.57. The molecule has 0 radical (unpaired) electrons. The minimum Gasteiger partial charge on any atom is -0.409 e. The Labute approximate surface area is 122 Å². The van der Waals surface area contributed by atoms with Crippen LogP contribution in [0.2, 0.25) is 5.02 Å². The zero-order valence-corrected chi connectivity index (χ0v) is 12.1. The Morgan fingerprint density at radius 3 is 2.95 bits per heavy atom. The van der Waals surface area contributed by atoms with Gasteiger partial charge in [0.25, 0.3) is 0 Å². The number of amidine groups is 1. The van der Waals surface area contributed by atoms with Gasteiger partial charge in [-0.25, -0.2) is 4.98 Å². The normalized spacial score (nSPS) is 24.6. The molecule has 20 heavy (non-hydrogen) atoms. The molecule has 1 aliphatic rings. The molecule has 1 saturated heterocycles. The summed E-state index contributed by atoms with van der Waals surface area (Å²) >= 11 is 6.30. The van der Waals surface area contributed by atoms with Crippen molar-refractivity contribution >= 4 is 23.3 Å². The SMILES string of the molecule is CC1(O)CCCN(c2nccc(/C(N)=N/O)c2Cl)CC1. The Morgan fingerprint density at radius 1 is 1.50 bits per heavy atom. The van der Waals surface area contributed by atoms with Gasteiger partial charge in [-0.15, -0.1) is 0 Å². The van der Waals surface area contributed by atoms with Crippen LogP contribution < -0.4 is 10.6 Å². The first-order valence-electron chi connectivity index (χ1n) is 6.54. The fourth-order valence-electron chi connectivity index (χ4n) is 2.38. The van der Waals surface area contributed by atoms with Gasteiger partial charge in [0.15, 0.2) is 5.84 Å². The third-order valence-corrected chi connectivity index (χ3v) is 3.99. The molecule has 1 fully saturated rings. The minimum absolute atomic E-state index is 0.0412. The van der Waals surface area contributed by atoms with E-state index in [1.807, 2.05) is 11.8 Å². The number of pyridine rings is 1. The van der Waals surface area contributed by atoms with Gasteiger partial charge in [0.05, 0.1) is 10.6 Å². The number of nitrogens with zero attached hydrogens (tertiary/aromatic N) is 3. The Bertz CT molecular complexity index is 519. The second-order valence-corrected chi connectivity index (χ2v) is 5.70. The van der Waals surface area contributed by atoms with Crippen LogP contribution in [0.1, 0.15) is 31.7 Å². The molecule has 2 rings (SSSR count). The molecule has 1 atom stereocenters. The zero-order chi connectivity index (χ0) is 14.8. The van der Waals surface area contributed by atoms with Crippen molar-refractivity contribution < 1.29 is 10.3 Å². The summed E-state index contributed by atoms with van der Waals surface area (Å²) in [7, 11) is 0. The Balaban J connectivity index is 2.29. The van der Waals surface area contributed by atoms with Crippen molar-refractivity contribution in [1.29, 1.82) is 0 Å². The average molecular weight is 299 g/mol. The van der Waals surface area contributed by atoms with Crippen LogP contribution in [0, 0.1) is 0 Å². The number of halogens is 1. The molecular weight excluding hydrogens is 280 g/mol. The average Bonchev–Trinajstić information content (AvgIpc) is 2.59. The maximum atomic E-state index is 10.1. The lowest BCUT2D eigenvalue weighted by atomic mass is 9.98. The smallest absolute Gasteiger partial charge is 0.171 e. The minimum atomic E-state index is -0.648. The van der Waals surface area contributed by atoms with E-state index in [2.05, 4.69) is 10.1 Å². The van der Waals surface area contributed by atoms with Crippen LogP contribution in [0.4, 0.5) is 5.82 Å². The van der Waals surface area contributed by atoms with Gasteiger partial charge in [-0.3, -0.25) is 0 Å². The molecule has 1 unspecified atom stereocenters. The van der Waals surface area contributed by atoms with Crippen LogP contribution >= 0.6 is 11.6 Å². The third kappa shape index (κ3) is 3.13. The first-order chi connectivity index (χ1) is 9.44. The number of oxime groups is 1. The summed E-state index contributed by atoms with van der Waals surface area (Å²) in [5.74, 6) is 0.564. The lowest BCUT2D eigenvalue weighted by Gasteiger charge is -2.24. The van der Waals surface area contributed by atoms with Crippen molar-refractivity contribution in [2.45, 2.75) is 31.8 Å². The quantitative estimate of drug-likeness (QED) is 0.333. The highest BCUT2D eigenvalue weighted by Crippen LogP contribution is 2.30. The van der Waals surface area contributed by atoms with Crippen LogP contribution in [0.5, 0.6) is 0 Å². The first kappa shape index (κ1) is 14.9. The Morgan fingerprint density at radius 2 is 2.25 bits per heavy atom. The number of aromatic nitrogens is 1. The zero-order valence-electron chi connectivity index (χ0n) is 11.4. The monoisotopic (exact) mass is 298 g/mol. The van der Waals surface area contributed by atoms with Crippen molar-refractivity contribution in [3.63, 3.8) is 0 Å². The summed E-state index contributed by atoms with van der Waals surface area (Å²) in [6.07, 6.45) is 3.84. The van der Waals surface area contributed by atoms with E-state index in [0.717, 1.165) is 19.4 Å². The molecule has 0 aromatic carbocycles. The lowest BCUT2D eigenvalue weighted by molar-refractivity contribution is 0.0481. The molecule has 2 heterocycles. The van der Waals surface area contributed by atoms with Gasteiger partial charge in [0.2, 0.25) is 0 Å². The van der Waals surface area contributed by atoms with E-state index < -0.39 is 5.60 Å². The second kappa shape index (κ2) is 5.85. The van der Waals surface area contributed by atoms with Gasteiger partial charge in [-0.2, -0.15) is 0 Å². The fraction of sp³-hybridized carbons (Fsp3) is 0.538. The molecule has 0 amide bonds. The number of hydrogen-bond acceptors (Lipinski definition) is 5. The molecule has 4 N–H and O–H groups in total. The topological polar surface area (TPSA) is 95.0 Å². The van der Waals surface area contributed by atoms with E-state index in [9.17, 15) is 5.11 Å². The van der Waals surface area contributed by atoms with E-state index in [0.29, 0.717) is 29.4 Å². The molecule has 7 heteroatoms. The highest BCUT2D eigenvalue weighted by atomic mass is 35.5. The Kier molecular flexibility index (Phi) is 4.35. The largest absolute Gasteiger partial charge is 0.409 e. The summed E-state index contributed by atoms with van der Waals surface area (Å²) < 4.78 is 0. The summed E-state index contributed by atoms with van der Waals surface area (Å²) in [5, 5.41) is 22.2. The molecule has 0 aliphatic carbocycles. The van der Waals surface area contributed by atoms with Gasteiger partial charge in [0.1, 0.15) is 5.82 Å². The van der Waals surface area contributed by atoms with E-state index >= 15 is 0 Å². The van der Waals surface area contributed by atoms with Crippen LogP contribution in [0.15, 0.2) is 17.4 Å². The van der Waals surface area contributed by atoms with Crippen LogP contribution in [0.25, 0.3) is 0 Å². The molecule has 0 spiro atoms. The maximum Gasteiger partial charge on any atom is 0.171 e. The standard InChI is InChI=1S/C13H19ClN4O2/c1-13(19)4-2-7-18(8-5-13)12-10(14)9(3-6-16-12)11(15)17-20/h3,6,19-20H,2,4-5,7-8H2,1H3,(H2,15,17). The van der Waals surface area contributed by atoms with Crippen molar-refractivity contribution in [3.05, 3.63) is 22.8 Å². The van der Waals surface area contributed by atoms with E-state index in [-0.39, 0.29) is 5.84 Å². The number of rotatable bonds is 2. The van der Waals surface area contributed by atoms with Crippen molar-refractivity contribution in [3.8, 4) is 0 Å². The molecule has 0 bridgehead atoms. The maximum absolute atomic E-state index is 10.1. The number of nitrogens with two attached hydrogens (primary N) is 1. The highest BCUT2D eigenvalue weighted by molar-refractivity contribution is 6.36. The molecular formula is C13H19ClN4O2. The van der Waals surface area contributed by atoms with Crippen molar-refractivity contribution in [2.24, 2.45) is 10.9 Å². The van der Waals surface area contributed by atoms with Crippen LogP contribution in [-0.4, -0.2) is 39.8 Å². The highest BCUT2D eigenvalue weighted by Gasteiger charge is 2.26. The van der Waals surface area contributed by atoms with E-state index in [1.165, 1.54) is 0 Å². The molecule has 110 valence electrons. The molecule has 0 saturated carbocycles. The van der Waals surface area contributed by atoms with Crippen molar-refractivity contribution in [2.75, 3.05) is 18.0 Å². The summed E-state index contributed by atoms with van der Waals surface area (Å²) in [5.41, 5.74) is 5.40. The van der Waals surface area contributed by atoms with Gasteiger partial charge in [0, 0.05) is 24.8 Å². The van der Waals surface area contributed by atoms with Crippen LogP contribution in [0.3, 0.4) is 0 Å². The number of hydrogen-bond donors (Lipinski definition) is 3. The van der Waals surface area contributed by atoms with Gasteiger partial charge in [-0.05, 0) is 32.3 Å². The fourth-order valence-corrected chi connectivity index (χ4v) is 2.71. The predicted molar refractivity (Wildman–Crippen MR) is 78.4 cm³/mol. The van der Waals surface area contributed by atoms with E-state index in [4.69, 9.17) is 22.5 Å². The van der Waals surface area contributed by atoms with Crippen LogP contribution in [-0.2, 0) is 0 Å². The molecule has 1 aliphatic heterocycles. The number of aliphatic hydroxyl groups is 1. The second-order valence-electron chi connectivity index (χ2n) is 5.32. The van der Waals surface area contributed by atoms with E-state index in [1.54, 1.807) is 12.3 Å². The number of anilines is 1.